The molecule has 0 aliphatic heterocycles. The SMILES string of the molecule is Cn1cnn(Cc2cc(F)ccc2C(N)=S)c1=O. The molecule has 2 aromatic rings. The molecular weight excluding hydrogens is 255 g/mol. The molecule has 0 aliphatic carbocycles. The summed E-state index contributed by atoms with van der Waals surface area (Å²) in [5, 5.41) is 3.90. The Morgan fingerprint density at radius 1 is 1.56 bits per heavy atom. The Hall–Kier alpha value is -2.02. The number of rotatable bonds is 3. The molecule has 7 heteroatoms. The lowest BCUT2D eigenvalue weighted by Gasteiger charge is -2.07. The number of benzene rings is 1. The zero-order valence-electron chi connectivity index (χ0n) is 9.63. The monoisotopic (exact) mass is 266 g/mol. The molecular formula is C11H11FN4OS. The quantitative estimate of drug-likeness (QED) is 0.817. The fraction of sp³-hybridized carbons (Fsp3) is 0.182. The van der Waals surface area contributed by atoms with Gasteiger partial charge in [-0.2, -0.15) is 5.10 Å². The topological polar surface area (TPSA) is 65.8 Å². The van der Waals surface area contributed by atoms with E-state index < -0.39 is 5.82 Å². The minimum absolute atomic E-state index is 0.129. The molecule has 1 heterocycles. The Morgan fingerprint density at radius 3 is 2.83 bits per heavy atom. The van der Waals surface area contributed by atoms with Gasteiger partial charge in [0.15, 0.2) is 0 Å². The maximum atomic E-state index is 13.2. The highest BCUT2D eigenvalue weighted by molar-refractivity contribution is 7.80. The van der Waals surface area contributed by atoms with Crippen molar-refractivity contribution in [2.75, 3.05) is 0 Å². The fourth-order valence-electron chi connectivity index (χ4n) is 1.62. The first kappa shape index (κ1) is 12.4. The lowest BCUT2D eigenvalue weighted by Crippen LogP contribution is -2.25. The number of nitrogens with two attached hydrogens (primary N) is 1. The second kappa shape index (κ2) is 4.69. The number of hydrogen-bond acceptors (Lipinski definition) is 3. The third-order valence-electron chi connectivity index (χ3n) is 2.54. The average Bonchev–Trinajstić information content (AvgIpc) is 2.61. The van der Waals surface area contributed by atoms with Crippen LogP contribution in [0.15, 0.2) is 29.3 Å². The first-order valence-corrected chi connectivity index (χ1v) is 5.56. The molecule has 18 heavy (non-hydrogen) atoms. The van der Waals surface area contributed by atoms with E-state index >= 15 is 0 Å². The van der Waals surface area contributed by atoms with Crippen molar-refractivity contribution in [2.24, 2.45) is 12.8 Å². The molecule has 0 bridgehead atoms. The number of nitrogens with zero attached hydrogens (tertiary/aromatic N) is 3. The van der Waals surface area contributed by atoms with Gasteiger partial charge in [0, 0.05) is 12.6 Å². The molecule has 2 rings (SSSR count). The van der Waals surface area contributed by atoms with Crippen LogP contribution in [0.3, 0.4) is 0 Å². The van der Waals surface area contributed by atoms with Crippen molar-refractivity contribution in [1.82, 2.24) is 14.3 Å². The first-order chi connectivity index (χ1) is 8.49. The van der Waals surface area contributed by atoms with Crippen molar-refractivity contribution in [1.29, 1.82) is 0 Å². The zero-order valence-corrected chi connectivity index (χ0v) is 10.4. The molecule has 0 unspecified atom stereocenters. The molecule has 0 fully saturated rings. The average molecular weight is 266 g/mol. The van der Waals surface area contributed by atoms with E-state index in [0.29, 0.717) is 11.1 Å². The molecule has 94 valence electrons. The van der Waals surface area contributed by atoms with E-state index in [1.165, 1.54) is 33.8 Å². The van der Waals surface area contributed by atoms with E-state index in [1.54, 1.807) is 7.05 Å². The van der Waals surface area contributed by atoms with Crippen LogP contribution in [0.4, 0.5) is 4.39 Å². The summed E-state index contributed by atoms with van der Waals surface area (Å²) in [5.74, 6) is -0.408. The summed E-state index contributed by atoms with van der Waals surface area (Å²) in [7, 11) is 1.59. The minimum atomic E-state index is -0.408. The van der Waals surface area contributed by atoms with Crippen molar-refractivity contribution in [3.63, 3.8) is 0 Å². The van der Waals surface area contributed by atoms with Gasteiger partial charge in [-0.05, 0) is 23.8 Å². The Kier molecular flexibility index (Phi) is 3.24. The van der Waals surface area contributed by atoms with Crippen LogP contribution in [0.1, 0.15) is 11.1 Å². The maximum absolute atomic E-state index is 13.2. The van der Waals surface area contributed by atoms with Crippen LogP contribution in [-0.4, -0.2) is 19.3 Å². The Bertz CT molecular complexity index is 661. The van der Waals surface area contributed by atoms with Gasteiger partial charge in [0.2, 0.25) is 0 Å². The number of halogens is 1. The van der Waals surface area contributed by atoms with Crippen LogP contribution in [-0.2, 0) is 13.6 Å². The summed E-state index contributed by atoms with van der Waals surface area (Å²) in [6.07, 6.45) is 1.39. The number of hydrogen-bond donors (Lipinski definition) is 1. The second-order valence-electron chi connectivity index (χ2n) is 3.85. The van der Waals surface area contributed by atoms with Gasteiger partial charge in [-0.15, -0.1) is 0 Å². The maximum Gasteiger partial charge on any atom is 0.345 e. The molecule has 0 atom stereocenters. The van der Waals surface area contributed by atoms with Crippen LogP contribution in [0.5, 0.6) is 0 Å². The molecule has 0 aliphatic rings. The van der Waals surface area contributed by atoms with E-state index in [-0.39, 0.29) is 17.2 Å². The molecule has 0 saturated carbocycles. The van der Waals surface area contributed by atoms with Gasteiger partial charge in [0.25, 0.3) is 0 Å². The smallest absolute Gasteiger partial charge is 0.345 e. The molecule has 1 aromatic heterocycles. The van der Waals surface area contributed by atoms with Crippen LogP contribution in [0.2, 0.25) is 0 Å². The van der Waals surface area contributed by atoms with Gasteiger partial charge in [-0.1, -0.05) is 12.2 Å². The lowest BCUT2D eigenvalue weighted by atomic mass is 10.1. The molecule has 0 spiro atoms. The largest absolute Gasteiger partial charge is 0.389 e. The van der Waals surface area contributed by atoms with Crippen molar-refractivity contribution in [3.05, 3.63) is 52.0 Å². The number of aromatic nitrogens is 3. The highest BCUT2D eigenvalue weighted by atomic mass is 32.1. The lowest BCUT2D eigenvalue weighted by molar-refractivity contribution is 0.612. The van der Waals surface area contributed by atoms with Gasteiger partial charge in [0.1, 0.15) is 17.1 Å². The van der Waals surface area contributed by atoms with E-state index in [2.05, 4.69) is 5.10 Å². The van der Waals surface area contributed by atoms with Gasteiger partial charge in [-0.3, -0.25) is 4.57 Å². The number of aryl methyl sites for hydroxylation is 1. The van der Waals surface area contributed by atoms with Crippen LogP contribution in [0, 0.1) is 5.82 Å². The predicted octanol–water partition coefficient (Wildman–Crippen LogP) is 0.403. The minimum Gasteiger partial charge on any atom is -0.389 e. The highest BCUT2D eigenvalue weighted by Crippen LogP contribution is 2.12. The summed E-state index contributed by atoms with van der Waals surface area (Å²) in [6.45, 7) is 0.129. The van der Waals surface area contributed by atoms with E-state index in [4.69, 9.17) is 18.0 Å². The molecule has 0 amide bonds. The zero-order chi connectivity index (χ0) is 13.3. The summed E-state index contributed by atoms with van der Waals surface area (Å²) < 4.78 is 15.8. The number of thiocarbonyl (C=S) groups is 1. The predicted molar refractivity (Wildman–Crippen MR) is 68.9 cm³/mol. The van der Waals surface area contributed by atoms with Crippen LogP contribution in [0.25, 0.3) is 0 Å². The van der Waals surface area contributed by atoms with E-state index in [9.17, 15) is 9.18 Å². The summed E-state index contributed by atoms with van der Waals surface area (Å²) in [6, 6.07) is 4.08. The van der Waals surface area contributed by atoms with Gasteiger partial charge in [0.05, 0.1) is 6.54 Å². The van der Waals surface area contributed by atoms with Crippen molar-refractivity contribution in [3.8, 4) is 0 Å². The van der Waals surface area contributed by atoms with Gasteiger partial charge < -0.3 is 5.73 Å². The molecule has 0 saturated heterocycles. The van der Waals surface area contributed by atoms with E-state index in [0.717, 1.165) is 0 Å². The van der Waals surface area contributed by atoms with Gasteiger partial charge in [-0.25, -0.2) is 13.9 Å². The normalized spacial score (nSPS) is 10.6. The fourth-order valence-corrected chi connectivity index (χ4v) is 1.82. The van der Waals surface area contributed by atoms with Crippen molar-refractivity contribution in [2.45, 2.75) is 6.54 Å². The molecule has 5 nitrogen and oxygen atoms in total. The Balaban J connectivity index is 2.45. The molecule has 2 N–H and O–H groups in total. The third kappa shape index (κ3) is 2.30. The standard InChI is InChI=1S/C11H11FN4OS/c1-15-6-14-16(11(15)17)5-7-4-8(12)2-3-9(7)10(13)18/h2-4,6H,5H2,1H3,(H2,13,18). The highest BCUT2D eigenvalue weighted by Gasteiger charge is 2.10. The summed E-state index contributed by atoms with van der Waals surface area (Å²) in [5.41, 5.74) is 6.35. The molecule has 1 aromatic carbocycles. The van der Waals surface area contributed by atoms with Crippen molar-refractivity contribution < 1.29 is 4.39 Å². The van der Waals surface area contributed by atoms with Crippen molar-refractivity contribution >= 4 is 17.2 Å². The summed E-state index contributed by atoms with van der Waals surface area (Å²) >= 11 is 4.89. The Labute approximate surface area is 108 Å². The van der Waals surface area contributed by atoms with Crippen LogP contribution < -0.4 is 11.4 Å². The second-order valence-corrected chi connectivity index (χ2v) is 4.29. The van der Waals surface area contributed by atoms with Gasteiger partial charge >= 0.3 is 5.69 Å². The first-order valence-electron chi connectivity index (χ1n) is 5.15. The molecule has 0 radical (unpaired) electrons. The summed E-state index contributed by atoms with van der Waals surface area (Å²) in [4.78, 5) is 11.8. The van der Waals surface area contributed by atoms with E-state index in [1.807, 2.05) is 0 Å². The van der Waals surface area contributed by atoms with Crippen LogP contribution >= 0.6 is 12.2 Å². The Morgan fingerprint density at radius 2 is 2.28 bits per heavy atom. The third-order valence-corrected chi connectivity index (χ3v) is 2.76.